The molecule has 2 atom stereocenters. The van der Waals surface area contributed by atoms with E-state index in [9.17, 15) is 0 Å². The van der Waals surface area contributed by atoms with E-state index in [4.69, 9.17) is 20.9 Å². The molecule has 6 heteroatoms. The summed E-state index contributed by atoms with van der Waals surface area (Å²) in [7, 11) is 0. The summed E-state index contributed by atoms with van der Waals surface area (Å²) >= 11 is 0. The Morgan fingerprint density at radius 1 is 1.56 bits per heavy atom. The average Bonchev–Trinajstić information content (AvgIpc) is 1.87. The Hall–Kier alpha value is -0.810. The second kappa shape index (κ2) is 4.11. The molecule has 0 aliphatic carbocycles. The molecule has 2 unspecified atom stereocenters. The predicted octanol–water partition coefficient (Wildman–Crippen LogP) is -1.03. The van der Waals surface area contributed by atoms with E-state index in [1.165, 1.54) is 0 Å². The number of aliphatic hydroxyl groups is 3. The van der Waals surface area contributed by atoms with Gasteiger partial charge in [0.05, 0.1) is 6.61 Å². The van der Waals surface area contributed by atoms with Crippen LogP contribution in [0.15, 0.2) is 5.11 Å². The number of hydrogen-bond acceptors (Lipinski definition) is 4. The molecule has 0 aliphatic rings. The molecule has 0 aliphatic heterocycles. The normalized spacial score (nSPS) is 15.9. The zero-order valence-corrected chi connectivity index (χ0v) is 4.55. The number of nitrogens with zero attached hydrogens (tertiary/aromatic N) is 3. The molecular weight excluding hydrogens is 126 g/mol. The van der Waals surface area contributed by atoms with E-state index in [0.29, 0.717) is 0 Å². The number of hydrogen-bond donors (Lipinski definition) is 3. The monoisotopic (exact) mass is 133 g/mol. The molecule has 9 heavy (non-hydrogen) atoms. The van der Waals surface area contributed by atoms with Gasteiger partial charge in [0.1, 0.15) is 6.10 Å². The van der Waals surface area contributed by atoms with Crippen molar-refractivity contribution in [3.63, 3.8) is 0 Å². The van der Waals surface area contributed by atoms with Crippen LogP contribution in [0.2, 0.25) is 0 Å². The van der Waals surface area contributed by atoms with Crippen molar-refractivity contribution >= 4 is 0 Å². The lowest BCUT2D eigenvalue weighted by atomic mass is 10.3. The molecule has 0 radical (unpaired) electrons. The molecule has 0 heterocycles. The van der Waals surface area contributed by atoms with Crippen LogP contribution >= 0.6 is 0 Å². The van der Waals surface area contributed by atoms with E-state index in [2.05, 4.69) is 10.0 Å². The van der Waals surface area contributed by atoms with E-state index >= 15 is 0 Å². The molecule has 6 nitrogen and oxygen atoms in total. The van der Waals surface area contributed by atoms with E-state index in [1.807, 2.05) is 0 Å². The third-order valence-corrected chi connectivity index (χ3v) is 0.701. The summed E-state index contributed by atoms with van der Waals surface area (Å²) in [5, 5.41) is 27.8. The van der Waals surface area contributed by atoms with Gasteiger partial charge in [0, 0.05) is 4.91 Å². The number of aliphatic hydroxyl groups excluding tert-OH is 3. The summed E-state index contributed by atoms with van der Waals surface area (Å²) in [6.45, 7) is -0.625. The van der Waals surface area contributed by atoms with Crippen LogP contribution in [0.5, 0.6) is 0 Å². The topological polar surface area (TPSA) is 109 Å². The maximum absolute atomic E-state index is 8.49. The fraction of sp³-hybridized carbons (Fsp3) is 1.00. The second-order valence-corrected chi connectivity index (χ2v) is 1.37. The maximum Gasteiger partial charge on any atom is 0.161 e. The Morgan fingerprint density at radius 3 is 2.44 bits per heavy atom. The second-order valence-electron chi connectivity index (χ2n) is 1.37. The highest BCUT2D eigenvalue weighted by Crippen LogP contribution is 1.92. The first-order valence-corrected chi connectivity index (χ1v) is 2.23. The van der Waals surface area contributed by atoms with Gasteiger partial charge in [-0.05, 0) is 5.53 Å². The van der Waals surface area contributed by atoms with Gasteiger partial charge in [-0.3, -0.25) is 0 Å². The van der Waals surface area contributed by atoms with Gasteiger partial charge in [0.25, 0.3) is 0 Å². The summed E-state index contributed by atoms with van der Waals surface area (Å²) in [4.78, 5) is 2.21. The maximum atomic E-state index is 8.49. The van der Waals surface area contributed by atoms with Gasteiger partial charge in [-0.25, -0.2) is 0 Å². The first-order valence-electron chi connectivity index (χ1n) is 2.23. The van der Waals surface area contributed by atoms with E-state index in [1.54, 1.807) is 0 Å². The molecule has 0 rings (SSSR count). The SMILES string of the molecule is [N-]=[N+]=NC(O)C(O)CO. The van der Waals surface area contributed by atoms with E-state index < -0.39 is 18.9 Å². The molecule has 0 aromatic heterocycles. The van der Waals surface area contributed by atoms with Crippen molar-refractivity contribution in [2.75, 3.05) is 6.61 Å². The number of rotatable bonds is 3. The van der Waals surface area contributed by atoms with Gasteiger partial charge in [0.2, 0.25) is 0 Å². The van der Waals surface area contributed by atoms with Crippen molar-refractivity contribution in [3.05, 3.63) is 10.4 Å². The molecule has 0 aromatic carbocycles. The third kappa shape index (κ3) is 2.89. The van der Waals surface area contributed by atoms with Crippen LogP contribution in [0.3, 0.4) is 0 Å². The molecule has 0 saturated carbocycles. The molecule has 0 amide bonds. The quantitative estimate of drug-likeness (QED) is 0.260. The highest BCUT2D eigenvalue weighted by atomic mass is 16.4. The zero-order chi connectivity index (χ0) is 7.28. The lowest BCUT2D eigenvalue weighted by molar-refractivity contribution is -0.0100. The summed E-state index contributed by atoms with van der Waals surface area (Å²) < 4.78 is 0. The molecule has 0 saturated heterocycles. The van der Waals surface area contributed by atoms with Crippen LogP contribution < -0.4 is 0 Å². The fourth-order valence-electron chi connectivity index (χ4n) is 0.224. The lowest BCUT2D eigenvalue weighted by Crippen LogP contribution is -2.26. The molecule has 0 aromatic rings. The molecule has 3 N–H and O–H groups in total. The Kier molecular flexibility index (Phi) is 3.74. The van der Waals surface area contributed by atoms with Crippen LogP contribution in [-0.4, -0.2) is 34.3 Å². The van der Waals surface area contributed by atoms with Crippen LogP contribution in [0.25, 0.3) is 10.4 Å². The lowest BCUT2D eigenvalue weighted by Gasteiger charge is -2.07. The Bertz CT molecular complexity index is 121. The largest absolute Gasteiger partial charge is 0.394 e. The molecule has 0 fully saturated rings. The van der Waals surface area contributed by atoms with Crippen LogP contribution in [0.1, 0.15) is 0 Å². The van der Waals surface area contributed by atoms with E-state index in [0.717, 1.165) is 0 Å². The van der Waals surface area contributed by atoms with Gasteiger partial charge < -0.3 is 15.3 Å². The third-order valence-electron chi connectivity index (χ3n) is 0.701. The molecule has 0 bridgehead atoms. The Labute approximate surface area is 51.0 Å². The standard InChI is InChI=1S/C3H7N3O3/c4-6-5-3(9)2(8)1-7/h2-3,7-9H,1H2. The van der Waals surface area contributed by atoms with Crippen molar-refractivity contribution in [2.45, 2.75) is 12.3 Å². The highest BCUT2D eigenvalue weighted by Gasteiger charge is 2.11. The zero-order valence-electron chi connectivity index (χ0n) is 4.55. The van der Waals surface area contributed by atoms with Crippen LogP contribution in [0.4, 0.5) is 0 Å². The van der Waals surface area contributed by atoms with Gasteiger partial charge >= 0.3 is 0 Å². The van der Waals surface area contributed by atoms with Gasteiger partial charge in [-0.1, -0.05) is 5.11 Å². The smallest absolute Gasteiger partial charge is 0.161 e. The molecule has 52 valence electrons. The minimum Gasteiger partial charge on any atom is -0.394 e. The Balaban J connectivity index is 3.71. The minimum absolute atomic E-state index is 0.625. The highest BCUT2D eigenvalue weighted by molar-refractivity contribution is 4.62. The average molecular weight is 133 g/mol. The summed E-state index contributed by atoms with van der Waals surface area (Å²) in [6.07, 6.45) is -2.94. The van der Waals surface area contributed by atoms with Gasteiger partial charge in [-0.15, -0.1) is 0 Å². The van der Waals surface area contributed by atoms with Gasteiger partial charge in [0.15, 0.2) is 6.23 Å². The molecule has 0 spiro atoms. The summed E-state index contributed by atoms with van der Waals surface area (Å²) in [5.41, 5.74) is 7.69. The number of azide groups is 1. The summed E-state index contributed by atoms with van der Waals surface area (Å²) in [5.74, 6) is 0. The van der Waals surface area contributed by atoms with Crippen molar-refractivity contribution in [1.29, 1.82) is 0 Å². The molecular formula is C3H7N3O3. The van der Waals surface area contributed by atoms with Crippen molar-refractivity contribution in [3.8, 4) is 0 Å². The van der Waals surface area contributed by atoms with Crippen LogP contribution in [0, 0.1) is 0 Å². The fourth-order valence-corrected chi connectivity index (χ4v) is 0.224. The minimum atomic E-state index is -1.56. The van der Waals surface area contributed by atoms with Crippen molar-refractivity contribution < 1.29 is 15.3 Å². The van der Waals surface area contributed by atoms with Gasteiger partial charge in [-0.2, -0.15) is 0 Å². The van der Waals surface area contributed by atoms with Crippen LogP contribution in [-0.2, 0) is 0 Å². The first-order chi connectivity index (χ1) is 4.22. The Morgan fingerprint density at radius 2 is 2.11 bits per heavy atom. The van der Waals surface area contributed by atoms with Crippen molar-refractivity contribution in [2.24, 2.45) is 5.11 Å². The first kappa shape index (κ1) is 8.19. The van der Waals surface area contributed by atoms with Crippen molar-refractivity contribution in [1.82, 2.24) is 0 Å². The van der Waals surface area contributed by atoms with E-state index in [-0.39, 0.29) is 0 Å². The predicted molar refractivity (Wildman–Crippen MR) is 28.2 cm³/mol. The summed E-state index contributed by atoms with van der Waals surface area (Å²) in [6, 6.07) is 0.